The molecule has 0 bridgehead atoms. The number of rotatable bonds is 5. The molecule has 1 heterocycles. The van der Waals surface area contributed by atoms with Crippen molar-refractivity contribution in [3.8, 4) is 0 Å². The number of benzene rings is 1. The van der Waals surface area contributed by atoms with Crippen LogP contribution in [0.15, 0.2) is 39.1 Å². The second kappa shape index (κ2) is 6.67. The van der Waals surface area contributed by atoms with Gasteiger partial charge < -0.3 is 10.1 Å². The maximum atomic E-state index is 13.8. The molecule has 0 unspecified atom stereocenters. The molecule has 2 rings (SSSR count). The number of aliphatic hydroxyl groups excluding tert-OH is 1. The van der Waals surface area contributed by atoms with Gasteiger partial charge in [0, 0.05) is 11.8 Å². The van der Waals surface area contributed by atoms with Crippen LogP contribution in [0.1, 0.15) is 24.6 Å². The Bertz CT molecular complexity index is 658. The van der Waals surface area contributed by atoms with Crippen molar-refractivity contribution >= 4 is 11.8 Å². The third kappa shape index (κ3) is 3.68. The molecule has 4 nitrogen and oxygen atoms in total. The van der Waals surface area contributed by atoms with E-state index in [4.69, 9.17) is 5.11 Å². The van der Waals surface area contributed by atoms with Gasteiger partial charge >= 0.3 is 0 Å². The third-order valence-electron chi connectivity index (χ3n) is 2.66. The molecule has 0 aliphatic heterocycles. The van der Waals surface area contributed by atoms with Gasteiger partial charge in [0.25, 0.3) is 5.56 Å². The molecule has 1 aromatic heterocycles. The average Bonchev–Trinajstić information content (AvgIpc) is 2.41. The van der Waals surface area contributed by atoms with Crippen LogP contribution in [0.3, 0.4) is 0 Å². The first-order chi connectivity index (χ1) is 9.62. The van der Waals surface area contributed by atoms with Crippen LogP contribution in [-0.2, 0) is 13.0 Å². The van der Waals surface area contributed by atoms with E-state index in [1.54, 1.807) is 12.1 Å². The van der Waals surface area contributed by atoms with Crippen LogP contribution in [0.5, 0.6) is 0 Å². The minimum atomic E-state index is -0.440. The summed E-state index contributed by atoms with van der Waals surface area (Å²) in [6, 6.07) is 5.94. The fourth-order valence-electron chi connectivity index (χ4n) is 1.75. The number of halogens is 1. The van der Waals surface area contributed by atoms with E-state index < -0.39 is 5.82 Å². The Kier molecular flexibility index (Phi) is 4.92. The van der Waals surface area contributed by atoms with Gasteiger partial charge in [0.2, 0.25) is 0 Å². The molecule has 0 aliphatic rings. The molecule has 2 aromatic rings. The zero-order chi connectivity index (χ0) is 14.5. The summed E-state index contributed by atoms with van der Waals surface area (Å²) in [7, 11) is 0. The van der Waals surface area contributed by atoms with Crippen LogP contribution in [0.4, 0.5) is 4.39 Å². The van der Waals surface area contributed by atoms with Gasteiger partial charge in [0.1, 0.15) is 5.82 Å². The van der Waals surface area contributed by atoms with Crippen LogP contribution in [0, 0.1) is 5.82 Å². The summed E-state index contributed by atoms with van der Waals surface area (Å²) in [5, 5.41) is 9.31. The van der Waals surface area contributed by atoms with Gasteiger partial charge in [-0.15, -0.1) is 0 Å². The maximum absolute atomic E-state index is 13.8. The molecule has 0 aliphatic carbocycles. The van der Waals surface area contributed by atoms with E-state index in [1.807, 2.05) is 6.92 Å². The van der Waals surface area contributed by atoms with Gasteiger partial charge in [-0.3, -0.25) is 4.79 Å². The summed E-state index contributed by atoms with van der Waals surface area (Å²) >= 11 is 1.06. The highest BCUT2D eigenvalue weighted by Crippen LogP contribution is 2.27. The first kappa shape index (κ1) is 14.7. The average molecular weight is 294 g/mol. The van der Waals surface area contributed by atoms with Gasteiger partial charge in [-0.2, -0.15) is 0 Å². The second-order valence-electron chi connectivity index (χ2n) is 4.32. The molecular weight excluding hydrogens is 279 g/mol. The Morgan fingerprint density at radius 1 is 1.40 bits per heavy atom. The Hall–Kier alpha value is -1.66. The van der Waals surface area contributed by atoms with E-state index in [9.17, 15) is 9.18 Å². The Labute approximate surface area is 120 Å². The van der Waals surface area contributed by atoms with Crippen LogP contribution in [0.2, 0.25) is 0 Å². The number of hydrogen-bond donors (Lipinski definition) is 2. The van der Waals surface area contributed by atoms with Crippen molar-refractivity contribution in [2.45, 2.75) is 36.4 Å². The fourth-order valence-corrected chi connectivity index (χ4v) is 2.56. The highest BCUT2D eigenvalue weighted by molar-refractivity contribution is 7.99. The van der Waals surface area contributed by atoms with E-state index in [0.29, 0.717) is 27.7 Å². The molecule has 20 heavy (non-hydrogen) atoms. The Morgan fingerprint density at radius 3 is 2.85 bits per heavy atom. The highest BCUT2D eigenvalue weighted by atomic mass is 32.2. The molecule has 0 atom stereocenters. The summed E-state index contributed by atoms with van der Waals surface area (Å²) in [4.78, 5) is 18.8. The lowest BCUT2D eigenvalue weighted by Gasteiger charge is -2.05. The number of nitrogens with one attached hydrogen (secondary N) is 1. The molecule has 0 saturated carbocycles. The number of H-pyrrole nitrogens is 1. The molecule has 6 heteroatoms. The molecule has 0 fully saturated rings. The summed E-state index contributed by atoms with van der Waals surface area (Å²) in [6.45, 7) is 1.80. The SMILES string of the molecule is CCCc1cc(=O)[nH]c(Sc2ccc(CO)cc2F)n1. The summed E-state index contributed by atoms with van der Waals surface area (Å²) in [5.74, 6) is -0.440. The van der Waals surface area contributed by atoms with Gasteiger partial charge in [0.05, 0.1) is 11.5 Å². The number of aromatic amines is 1. The van der Waals surface area contributed by atoms with Crippen molar-refractivity contribution in [1.29, 1.82) is 0 Å². The molecule has 0 saturated heterocycles. The lowest BCUT2D eigenvalue weighted by Crippen LogP contribution is -2.09. The predicted octanol–water partition coefficient (Wildman–Crippen LogP) is 2.51. The Morgan fingerprint density at radius 2 is 2.20 bits per heavy atom. The molecule has 0 radical (unpaired) electrons. The summed E-state index contributed by atoms with van der Waals surface area (Å²) in [6.07, 6.45) is 1.60. The minimum Gasteiger partial charge on any atom is -0.392 e. The summed E-state index contributed by atoms with van der Waals surface area (Å²) in [5.41, 5.74) is 0.970. The van der Waals surface area contributed by atoms with E-state index in [0.717, 1.165) is 18.2 Å². The van der Waals surface area contributed by atoms with E-state index >= 15 is 0 Å². The van der Waals surface area contributed by atoms with E-state index in [-0.39, 0.29) is 12.2 Å². The lowest BCUT2D eigenvalue weighted by molar-refractivity contribution is 0.281. The number of nitrogens with zero attached hydrogens (tertiary/aromatic N) is 1. The first-order valence-corrected chi connectivity index (χ1v) is 7.11. The largest absolute Gasteiger partial charge is 0.392 e. The van der Waals surface area contributed by atoms with Crippen molar-refractivity contribution in [2.24, 2.45) is 0 Å². The monoisotopic (exact) mass is 294 g/mol. The number of aryl methyl sites for hydroxylation is 1. The van der Waals surface area contributed by atoms with Gasteiger partial charge in [0.15, 0.2) is 5.16 Å². The van der Waals surface area contributed by atoms with Crippen molar-refractivity contribution < 1.29 is 9.50 Å². The van der Waals surface area contributed by atoms with E-state index in [2.05, 4.69) is 9.97 Å². The summed E-state index contributed by atoms with van der Waals surface area (Å²) < 4.78 is 13.8. The fraction of sp³-hybridized carbons (Fsp3) is 0.286. The third-order valence-corrected chi connectivity index (χ3v) is 3.60. The van der Waals surface area contributed by atoms with Crippen LogP contribution in [-0.4, -0.2) is 15.1 Å². The molecule has 0 amide bonds. The second-order valence-corrected chi connectivity index (χ2v) is 5.35. The maximum Gasteiger partial charge on any atom is 0.251 e. The minimum absolute atomic E-state index is 0.205. The predicted molar refractivity (Wildman–Crippen MR) is 75.3 cm³/mol. The standard InChI is InChI=1S/C14H15FN2O2S/c1-2-3-10-7-13(19)17-14(16-10)20-12-5-4-9(8-18)6-11(12)15/h4-7,18H,2-3,8H2,1H3,(H,16,17,19). The quantitative estimate of drug-likeness (QED) is 0.832. The van der Waals surface area contributed by atoms with Gasteiger partial charge in [-0.25, -0.2) is 9.37 Å². The van der Waals surface area contributed by atoms with Crippen LogP contribution in [0.25, 0.3) is 0 Å². The molecule has 106 valence electrons. The zero-order valence-electron chi connectivity index (χ0n) is 11.0. The van der Waals surface area contributed by atoms with E-state index in [1.165, 1.54) is 12.1 Å². The smallest absolute Gasteiger partial charge is 0.251 e. The van der Waals surface area contributed by atoms with Gasteiger partial charge in [-0.1, -0.05) is 19.4 Å². The molecule has 0 spiro atoms. The van der Waals surface area contributed by atoms with Crippen molar-refractivity contribution in [3.63, 3.8) is 0 Å². The normalized spacial score (nSPS) is 10.8. The van der Waals surface area contributed by atoms with Crippen molar-refractivity contribution in [1.82, 2.24) is 9.97 Å². The Balaban J connectivity index is 2.27. The lowest BCUT2D eigenvalue weighted by atomic mass is 10.2. The first-order valence-electron chi connectivity index (χ1n) is 6.29. The molecular formula is C14H15FN2O2S. The number of aliphatic hydroxyl groups is 1. The van der Waals surface area contributed by atoms with Crippen molar-refractivity contribution in [3.05, 3.63) is 51.7 Å². The highest BCUT2D eigenvalue weighted by Gasteiger charge is 2.08. The van der Waals surface area contributed by atoms with Crippen LogP contribution >= 0.6 is 11.8 Å². The number of aromatic nitrogens is 2. The topological polar surface area (TPSA) is 66.0 Å². The zero-order valence-corrected chi connectivity index (χ0v) is 11.8. The van der Waals surface area contributed by atoms with Gasteiger partial charge in [-0.05, 0) is 35.9 Å². The molecule has 2 N–H and O–H groups in total. The van der Waals surface area contributed by atoms with Crippen LogP contribution < -0.4 is 5.56 Å². The number of hydrogen-bond acceptors (Lipinski definition) is 4. The van der Waals surface area contributed by atoms with Crippen molar-refractivity contribution in [2.75, 3.05) is 0 Å². The molecule has 1 aromatic carbocycles.